The molecule has 0 spiro atoms. The molecule has 0 saturated heterocycles. The van der Waals surface area contributed by atoms with Crippen LogP contribution < -0.4 is 16.2 Å². The molecule has 9 heteroatoms. The summed E-state index contributed by atoms with van der Waals surface area (Å²) in [6.07, 6.45) is 0.121. The van der Waals surface area contributed by atoms with Gasteiger partial charge in [0.1, 0.15) is 11.8 Å². The van der Waals surface area contributed by atoms with Crippen LogP contribution in [0.1, 0.15) is 52.8 Å². The summed E-state index contributed by atoms with van der Waals surface area (Å²) in [7, 11) is 0. The fraction of sp³-hybridized carbons (Fsp3) is 0.240. The van der Waals surface area contributed by atoms with E-state index in [-0.39, 0.29) is 23.3 Å². The number of benzene rings is 2. The highest BCUT2D eigenvalue weighted by atomic mass is 79.9. The molecule has 8 nitrogen and oxygen atoms in total. The summed E-state index contributed by atoms with van der Waals surface area (Å²) in [6, 6.07) is 15.4. The van der Waals surface area contributed by atoms with Crippen LogP contribution in [0.15, 0.2) is 69.8 Å². The molecule has 0 aliphatic carbocycles. The molecule has 0 fully saturated rings. The number of carbonyl (C=O) groups is 3. The van der Waals surface area contributed by atoms with Crippen molar-refractivity contribution in [3.8, 4) is 5.75 Å². The summed E-state index contributed by atoms with van der Waals surface area (Å²) in [4.78, 5) is 37.9. The van der Waals surface area contributed by atoms with E-state index in [9.17, 15) is 19.5 Å². The largest absolute Gasteiger partial charge is 0.508 e. The molecule has 3 rings (SSSR count). The number of hydrogen-bond donors (Lipinski definition) is 4. The van der Waals surface area contributed by atoms with Crippen LogP contribution in [0.4, 0.5) is 0 Å². The lowest BCUT2D eigenvalue weighted by atomic mass is 9.87. The first-order chi connectivity index (χ1) is 16.0. The first kappa shape index (κ1) is 25.0. The molecular formula is C25H26BrN3O5. The van der Waals surface area contributed by atoms with Crippen LogP contribution in [-0.2, 0) is 16.6 Å². The van der Waals surface area contributed by atoms with Crippen LogP contribution in [-0.4, -0.2) is 28.9 Å². The number of furan rings is 1. The lowest BCUT2D eigenvalue weighted by molar-refractivity contribution is -0.123. The van der Waals surface area contributed by atoms with E-state index in [1.54, 1.807) is 30.3 Å². The number of halogens is 1. The average Bonchev–Trinajstić information content (AvgIpc) is 3.24. The van der Waals surface area contributed by atoms with Crippen molar-refractivity contribution < 1.29 is 23.9 Å². The number of rotatable bonds is 6. The van der Waals surface area contributed by atoms with Gasteiger partial charge < -0.3 is 14.8 Å². The van der Waals surface area contributed by atoms with Crippen molar-refractivity contribution in [2.24, 2.45) is 0 Å². The van der Waals surface area contributed by atoms with Crippen LogP contribution in [0.3, 0.4) is 0 Å². The highest BCUT2D eigenvalue weighted by molar-refractivity contribution is 9.10. The van der Waals surface area contributed by atoms with Crippen LogP contribution in [0.25, 0.3) is 0 Å². The molecule has 3 aromatic rings. The van der Waals surface area contributed by atoms with Gasteiger partial charge in [-0.05, 0) is 68.9 Å². The summed E-state index contributed by atoms with van der Waals surface area (Å²) < 4.78 is 5.63. The van der Waals surface area contributed by atoms with Gasteiger partial charge >= 0.3 is 0 Å². The van der Waals surface area contributed by atoms with Gasteiger partial charge in [-0.3, -0.25) is 25.2 Å². The van der Waals surface area contributed by atoms with Gasteiger partial charge in [0.2, 0.25) is 0 Å². The number of phenolic OH excluding ortho intramolecular Hbond substituents is 1. The molecule has 34 heavy (non-hydrogen) atoms. The minimum atomic E-state index is -1.02. The Balaban J connectivity index is 1.68. The van der Waals surface area contributed by atoms with Crippen molar-refractivity contribution in [2.45, 2.75) is 38.6 Å². The quantitative estimate of drug-likeness (QED) is 0.363. The first-order valence-corrected chi connectivity index (χ1v) is 11.4. The van der Waals surface area contributed by atoms with Crippen molar-refractivity contribution >= 4 is 33.7 Å². The second-order valence-electron chi connectivity index (χ2n) is 8.77. The molecule has 4 N–H and O–H groups in total. The van der Waals surface area contributed by atoms with Gasteiger partial charge in [-0.2, -0.15) is 0 Å². The van der Waals surface area contributed by atoms with E-state index < -0.39 is 23.8 Å². The Hall–Kier alpha value is -3.59. The molecule has 0 radical (unpaired) electrons. The molecule has 0 aliphatic rings. The summed E-state index contributed by atoms with van der Waals surface area (Å²) in [5, 5.41) is 12.1. The van der Waals surface area contributed by atoms with E-state index in [0.29, 0.717) is 15.8 Å². The number of hydrogen-bond acceptors (Lipinski definition) is 5. The Morgan fingerprint density at radius 3 is 2.12 bits per heavy atom. The fourth-order valence-electron chi connectivity index (χ4n) is 3.14. The van der Waals surface area contributed by atoms with Gasteiger partial charge in [0.25, 0.3) is 17.7 Å². The molecule has 0 unspecified atom stereocenters. The van der Waals surface area contributed by atoms with E-state index in [4.69, 9.17) is 4.42 Å². The second-order valence-corrected chi connectivity index (χ2v) is 9.55. The maximum Gasteiger partial charge on any atom is 0.287 e. The normalized spacial score (nSPS) is 12.0. The number of aromatic hydroxyl groups is 1. The van der Waals surface area contributed by atoms with Crippen molar-refractivity contribution in [3.63, 3.8) is 0 Å². The lowest BCUT2D eigenvalue weighted by Crippen LogP contribution is -2.53. The Labute approximate surface area is 205 Å². The summed E-state index contributed by atoms with van der Waals surface area (Å²) in [5.41, 5.74) is 6.87. The van der Waals surface area contributed by atoms with Gasteiger partial charge in [-0.15, -0.1) is 0 Å². The van der Waals surface area contributed by atoms with Crippen LogP contribution >= 0.6 is 15.9 Å². The average molecular weight is 528 g/mol. The molecule has 3 amide bonds. The standard InChI is InChI=1S/C25H26BrN3O5/c1-25(2,3)17-8-6-16(7-9-17)22(31)28-29-23(32)19(14-15-4-10-18(30)11-5-15)27-24(33)20-12-13-21(26)34-20/h4-13,19,30H,14H2,1-3H3,(H,27,33)(H,28,31)(H,29,32)/t19-/m0/s1. The Morgan fingerprint density at radius 2 is 1.56 bits per heavy atom. The number of phenols is 1. The van der Waals surface area contributed by atoms with Gasteiger partial charge in [-0.1, -0.05) is 45.0 Å². The minimum Gasteiger partial charge on any atom is -0.508 e. The van der Waals surface area contributed by atoms with E-state index >= 15 is 0 Å². The topological polar surface area (TPSA) is 121 Å². The molecule has 0 saturated carbocycles. The molecule has 178 valence electrons. The Morgan fingerprint density at radius 1 is 0.912 bits per heavy atom. The molecule has 1 heterocycles. The van der Waals surface area contributed by atoms with Gasteiger partial charge in [0.05, 0.1) is 0 Å². The third-order valence-corrected chi connectivity index (χ3v) is 5.53. The molecule has 2 aromatic carbocycles. The predicted octanol–water partition coefficient (Wildman–Crippen LogP) is 3.85. The first-order valence-electron chi connectivity index (χ1n) is 10.6. The molecule has 1 aromatic heterocycles. The fourth-order valence-corrected chi connectivity index (χ4v) is 3.45. The van der Waals surface area contributed by atoms with Gasteiger partial charge in [0.15, 0.2) is 10.4 Å². The van der Waals surface area contributed by atoms with E-state index in [0.717, 1.165) is 5.56 Å². The minimum absolute atomic E-state index is 0.0263. The number of hydrazine groups is 1. The third-order valence-electron chi connectivity index (χ3n) is 5.11. The SMILES string of the molecule is CC(C)(C)c1ccc(C(=O)NNC(=O)[C@H](Cc2ccc(O)cc2)NC(=O)c2ccc(Br)o2)cc1. The molecule has 0 aliphatic heterocycles. The van der Waals surface area contributed by atoms with Crippen LogP contribution in [0.5, 0.6) is 5.75 Å². The van der Waals surface area contributed by atoms with Gasteiger partial charge in [-0.25, -0.2) is 0 Å². The number of carbonyl (C=O) groups excluding carboxylic acids is 3. The number of nitrogens with one attached hydrogen (secondary N) is 3. The molecule has 0 bridgehead atoms. The Bertz CT molecular complexity index is 1160. The second kappa shape index (κ2) is 10.6. The maximum atomic E-state index is 12.9. The third kappa shape index (κ3) is 6.71. The van der Waals surface area contributed by atoms with E-state index in [1.165, 1.54) is 18.2 Å². The monoisotopic (exact) mass is 527 g/mol. The summed E-state index contributed by atoms with van der Waals surface area (Å²) >= 11 is 3.14. The van der Waals surface area contributed by atoms with Crippen molar-refractivity contribution in [2.75, 3.05) is 0 Å². The van der Waals surface area contributed by atoms with Crippen molar-refractivity contribution in [3.05, 3.63) is 87.8 Å². The van der Waals surface area contributed by atoms with Crippen LogP contribution in [0, 0.1) is 0 Å². The van der Waals surface area contributed by atoms with Gasteiger partial charge in [0, 0.05) is 12.0 Å². The zero-order valence-corrected chi connectivity index (χ0v) is 20.6. The molecule has 1 atom stereocenters. The Kier molecular flexibility index (Phi) is 7.78. The molecular weight excluding hydrogens is 502 g/mol. The van der Waals surface area contributed by atoms with E-state index in [1.807, 2.05) is 12.1 Å². The zero-order valence-electron chi connectivity index (χ0n) is 19.0. The smallest absolute Gasteiger partial charge is 0.287 e. The predicted molar refractivity (Wildman–Crippen MR) is 130 cm³/mol. The van der Waals surface area contributed by atoms with Crippen molar-refractivity contribution in [1.82, 2.24) is 16.2 Å². The zero-order chi connectivity index (χ0) is 24.9. The lowest BCUT2D eigenvalue weighted by Gasteiger charge is -2.20. The van der Waals surface area contributed by atoms with Crippen LogP contribution in [0.2, 0.25) is 0 Å². The summed E-state index contributed by atoms with van der Waals surface area (Å²) in [6.45, 7) is 6.23. The summed E-state index contributed by atoms with van der Waals surface area (Å²) in [5.74, 6) is -1.59. The highest BCUT2D eigenvalue weighted by Gasteiger charge is 2.24. The highest BCUT2D eigenvalue weighted by Crippen LogP contribution is 2.22. The maximum absolute atomic E-state index is 12.9. The van der Waals surface area contributed by atoms with E-state index in [2.05, 4.69) is 52.9 Å². The number of amides is 3. The van der Waals surface area contributed by atoms with Crippen molar-refractivity contribution in [1.29, 1.82) is 0 Å².